The zero-order valence-electron chi connectivity index (χ0n) is 10.9. The Labute approximate surface area is 111 Å². The van der Waals surface area contributed by atoms with E-state index in [-0.39, 0.29) is 11.9 Å². The Hall–Kier alpha value is -0.305. The van der Waals surface area contributed by atoms with E-state index in [0.29, 0.717) is 0 Å². The van der Waals surface area contributed by atoms with E-state index < -0.39 is 22.9 Å². The Balaban J connectivity index is 5.37. The monoisotopic (exact) mass is 255 g/mol. The highest BCUT2D eigenvalue weighted by molar-refractivity contribution is 7.81. The Kier molecular flexibility index (Phi) is 5.93. The first-order valence-electron chi connectivity index (χ1n) is 5.59. The zero-order valence-corrected chi connectivity index (χ0v) is 11.8. The summed E-state index contributed by atoms with van der Waals surface area (Å²) in [6, 6.07) is 1.82. The lowest BCUT2D eigenvalue weighted by atomic mass is 9.57. The van der Waals surface area contributed by atoms with Gasteiger partial charge in [0.25, 0.3) is 0 Å². The normalized spacial score (nSPS) is 20.8. The summed E-state index contributed by atoms with van der Waals surface area (Å²) in [5.74, 6) is 0. The van der Waals surface area contributed by atoms with Crippen molar-refractivity contribution in [3.8, 4) is 12.5 Å². The molecule has 4 atom stereocenters. The van der Waals surface area contributed by atoms with E-state index in [1.165, 1.54) is 0 Å². The van der Waals surface area contributed by atoms with Crippen molar-refractivity contribution in [3.63, 3.8) is 0 Å². The Bertz CT molecular complexity index is 285. The molecule has 0 saturated heterocycles. The van der Waals surface area contributed by atoms with Gasteiger partial charge in [0, 0.05) is 16.7 Å². The van der Waals surface area contributed by atoms with Crippen molar-refractivity contribution in [2.45, 2.75) is 50.4 Å². The molecule has 0 rings (SSSR count). The fraction of sp³-hybridized carbons (Fsp3) is 0.833. The highest BCUT2D eigenvalue weighted by atomic mass is 32.1. The highest BCUT2D eigenvalue weighted by Gasteiger charge is 2.47. The van der Waals surface area contributed by atoms with Crippen LogP contribution in [-0.4, -0.2) is 42.1 Å². The minimum absolute atomic E-state index is 0.196. The second-order valence-corrected chi connectivity index (χ2v) is 6.06. The lowest BCUT2D eigenvalue weighted by Crippen LogP contribution is -2.58. The van der Waals surface area contributed by atoms with Gasteiger partial charge in [-0.05, 0) is 5.31 Å². The maximum atomic E-state index is 10.4. The molecule has 0 aliphatic heterocycles. The summed E-state index contributed by atoms with van der Waals surface area (Å²) in [6.45, 7) is 6.93. The van der Waals surface area contributed by atoms with Gasteiger partial charge in [-0.2, -0.15) is 12.6 Å². The molecule has 0 fully saturated rings. The molecular formula is C12H22BNO2S. The third kappa shape index (κ3) is 3.57. The van der Waals surface area contributed by atoms with Gasteiger partial charge < -0.3 is 15.5 Å². The van der Waals surface area contributed by atoms with Gasteiger partial charge in [0.2, 0.25) is 0 Å². The molecule has 2 radical (unpaired) electrons. The van der Waals surface area contributed by atoms with Crippen LogP contribution in [0, 0.1) is 17.9 Å². The van der Waals surface area contributed by atoms with Crippen molar-refractivity contribution in [2.24, 2.45) is 5.41 Å². The standard InChI is InChI=1S/C12H22BNO2S/c1-6-14-9(7-15)12(5,8(2)17)10(16)11(3,4)13/h1,8-10,14-17H,7H2,2-5H3. The average Bonchev–Trinajstić information content (AvgIpc) is 2.22. The third-order valence-corrected chi connectivity index (χ3v) is 3.94. The number of rotatable bonds is 6. The van der Waals surface area contributed by atoms with Gasteiger partial charge in [-0.3, -0.25) is 0 Å². The minimum atomic E-state index is -0.861. The summed E-state index contributed by atoms with van der Waals surface area (Å²) >= 11 is 4.40. The maximum Gasteiger partial charge on any atom is 0.0774 e. The molecule has 5 heteroatoms. The van der Waals surface area contributed by atoms with Crippen molar-refractivity contribution in [1.82, 2.24) is 5.32 Å². The molecule has 96 valence electrons. The topological polar surface area (TPSA) is 52.5 Å². The second kappa shape index (κ2) is 6.04. The molecule has 0 aromatic heterocycles. The molecule has 4 unspecified atom stereocenters. The van der Waals surface area contributed by atoms with Gasteiger partial charge in [0.1, 0.15) is 0 Å². The molecule has 3 N–H and O–H groups in total. The first-order valence-corrected chi connectivity index (χ1v) is 6.11. The molecule has 0 aromatic carbocycles. The quantitative estimate of drug-likeness (QED) is 0.243. The highest BCUT2D eigenvalue weighted by Crippen LogP contribution is 2.43. The predicted molar refractivity (Wildman–Crippen MR) is 75.2 cm³/mol. The lowest BCUT2D eigenvalue weighted by Gasteiger charge is -2.48. The minimum Gasteiger partial charge on any atom is -0.394 e. The summed E-state index contributed by atoms with van der Waals surface area (Å²) in [7, 11) is 5.95. The van der Waals surface area contributed by atoms with Gasteiger partial charge in [-0.25, -0.2) is 0 Å². The van der Waals surface area contributed by atoms with Crippen molar-refractivity contribution in [1.29, 1.82) is 0 Å². The Morgan fingerprint density at radius 2 is 1.94 bits per heavy atom. The van der Waals surface area contributed by atoms with Crippen LogP contribution in [0.15, 0.2) is 0 Å². The van der Waals surface area contributed by atoms with Crippen molar-refractivity contribution in [2.75, 3.05) is 6.61 Å². The molecular weight excluding hydrogens is 233 g/mol. The van der Waals surface area contributed by atoms with E-state index in [9.17, 15) is 10.2 Å². The summed E-state index contributed by atoms with van der Waals surface area (Å²) in [5, 5.41) is 21.5. The van der Waals surface area contributed by atoms with E-state index >= 15 is 0 Å². The van der Waals surface area contributed by atoms with Crippen LogP contribution in [0.5, 0.6) is 0 Å². The number of hydrogen-bond acceptors (Lipinski definition) is 4. The van der Waals surface area contributed by atoms with Crippen LogP contribution in [0.1, 0.15) is 27.7 Å². The number of aliphatic hydroxyl groups excluding tert-OH is 2. The van der Waals surface area contributed by atoms with E-state index in [0.717, 1.165) is 0 Å². The van der Waals surface area contributed by atoms with Crippen LogP contribution in [0.4, 0.5) is 0 Å². The van der Waals surface area contributed by atoms with Crippen LogP contribution >= 0.6 is 12.6 Å². The first kappa shape index (κ1) is 16.7. The molecule has 0 bridgehead atoms. The van der Waals surface area contributed by atoms with E-state index in [4.69, 9.17) is 14.3 Å². The summed E-state index contributed by atoms with van der Waals surface area (Å²) in [4.78, 5) is 0. The van der Waals surface area contributed by atoms with Crippen LogP contribution in [0.25, 0.3) is 0 Å². The molecule has 0 aliphatic carbocycles. The molecule has 0 spiro atoms. The number of hydrogen-bond donors (Lipinski definition) is 4. The number of thiol groups is 1. The lowest BCUT2D eigenvalue weighted by molar-refractivity contribution is -0.0235. The maximum absolute atomic E-state index is 10.4. The molecule has 0 aromatic rings. The molecule has 17 heavy (non-hydrogen) atoms. The van der Waals surface area contributed by atoms with E-state index in [1.807, 2.05) is 13.8 Å². The van der Waals surface area contributed by atoms with Gasteiger partial charge >= 0.3 is 0 Å². The van der Waals surface area contributed by atoms with Crippen molar-refractivity contribution >= 4 is 20.5 Å². The predicted octanol–water partition coefficient (Wildman–Crippen LogP) is 0.580. The fourth-order valence-corrected chi connectivity index (χ4v) is 2.33. The molecule has 0 heterocycles. The second-order valence-electron chi connectivity index (χ2n) is 5.29. The average molecular weight is 255 g/mol. The molecule has 3 nitrogen and oxygen atoms in total. The Morgan fingerprint density at radius 3 is 2.18 bits per heavy atom. The zero-order chi connectivity index (χ0) is 13.9. The van der Waals surface area contributed by atoms with Crippen molar-refractivity contribution in [3.05, 3.63) is 0 Å². The number of nitrogens with one attached hydrogen (secondary N) is 1. The van der Waals surface area contributed by atoms with Crippen LogP contribution < -0.4 is 5.32 Å². The largest absolute Gasteiger partial charge is 0.394 e. The summed E-state index contributed by atoms with van der Waals surface area (Å²) in [5.41, 5.74) is -0.748. The molecule has 0 saturated carbocycles. The third-order valence-electron chi connectivity index (χ3n) is 3.39. The van der Waals surface area contributed by atoms with Crippen LogP contribution in [0.3, 0.4) is 0 Å². The van der Waals surface area contributed by atoms with Gasteiger partial charge in [-0.15, -0.1) is 0 Å². The van der Waals surface area contributed by atoms with E-state index in [1.54, 1.807) is 13.8 Å². The van der Waals surface area contributed by atoms with Gasteiger partial charge in [0.05, 0.1) is 26.6 Å². The fourth-order valence-electron chi connectivity index (χ4n) is 2.01. The van der Waals surface area contributed by atoms with Crippen LogP contribution in [0.2, 0.25) is 5.31 Å². The molecule has 0 amide bonds. The molecule has 0 aliphatic rings. The first-order chi connectivity index (χ1) is 7.62. The number of aliphatic hydroxyl groups is 2. The number of terminal acetylenes is 1. The van der Waals surface area contributed by atoms with E-state index in [2.05, 4.69) is 24.0 Å². The van der Waals surface area contributed by atoms with Gasteiger partial charge in [0.15, 0.2) is 0 Å². The van der Waals surface area contributed by atoms with Gasteiger partial charge in [-0.1, -0.05) is 34.1 Å². The van der Waals surface area contributed by atoms with Crippen LogP contribution in [-0.2, 0) is 0 Å². The Morgan fingerprint density at radius 1 is 1.47 bits per heavy atom. The summed E-state index contributed by atoms with van der Waals surface area (Å²) < 4.78 is 0. The SMILES string of the molecule is [B]C(C)(C)C(O)C(C)(C(C)S)C(CO)NC#C. The van der Waals surface area contributed by atoms with Crippen molar-refractivity contribution < 1.29 is 10.2 Å². The summed E-state index contributed by atoms with van der Waals surface area (Å²) in [6.07, 6.45) is 4.34. The smallest absolute Gasteiger partial charge is 0.0774 e.